The number of esters is 1. The molecule has 0 aliphatic carbocycles. The van der Waals surface area contributed by atoms with Gasteiger partial charge in [-0.25, -0.2) is 4.79 Å². The number of carbonyl (C=O) groups excluding carboxylic acids is 2. The lowest BCUT2D eigenvalue weighted by Gasteiger charge is -2.15. The molecule has 0 bridgehead atoms. The lowest BCUT2D eigenvalue weighted by molar-refractivity contribution is -0.137. The molecule has 0 spiro atoms. The number of hydrogen-bond acceptors (Lipinski definition) is 5. The number of aliphatic hydroxyl groups excluding tert-OH is 1. The summed E-state index contributed by atoms with van der Waals surface area (Å²) in [6.07, 6.45) is -4.49. The van der Waals surface area contributed by atoms with Crippen molar-refractivity contribution in [2.45, 2.75) is 6.18 Å². The number of ether oxygens (including phenoxy) is 1. The van der Waals surface area contributed by atoms with Gasteiger partial charge in [0.2, 0.25) is 0 Å². The molecule has 0 unspecified atom stereocenters. The van der Waals surface area contributed by atoms with Crippen molar-refractivity contribution in [1.29, 1.82) is 0 Å². The fourth-order valence-corrected chi connectivity index (χ4v) is 3.21. The Balaban J connectivity index is 1.89. The zero-order valence-electron chi connectivity index (χ0n) is 16.0. The number of alkyl halides is 3. The van der Waals surface area contributed by atoms with Crippen LogP contribution in [0.3, 0.4) is 0 Å². The zero-order valence-corrected chi connectivity index (χ0v) is 16.0. The molecule has 0 saturated heterocycles. The first-order valence-electron chi connectivity index (χ1n) is 9.01. The Kier molecular flexibility index (Phi) is 6.12. The van der Waals surface area contributed by atoms with Gasteiger partial charge in [-0.15, -0.1) is 0 Å². The van der Waals surface area contributed by atoms with Gasteiger partial charge in [0.1, 0.15) is 5.70 Å². The van der Waals surface area contributed by atoms with Gasteiger partial charge in [0.15, 0.2) is 0 Å². The van der Waals surface area contributed by atoms with Crippen molar-refractivity contribution >= 4 is 17.6 Å². The van der Waals surface area contributed by atoms with Crippen molar-refractivity contribution in [2.75, 3.05) is 32.1 Å². The lowest BCUT2D eigenvalue weighted by Crippen LogP contribution is -2.31. The molecule has 1 aliphatic heterocycles. The molecular weight excluding hydrogens is 401 g/mol. The predicted molar refractivity (Wildman–Crippen MR) is 103 cm³/mol. The van der Waals surface area contributed by atoms with Crippen LogP contribution in [0.25, 0.3) is 11.1 Å². The summed E-state index contributed by atoms with van der Waals surface area (Å²) in [7, 11) is 1.19. The smallest absolute Gasteiger partial charge is 0.417 e. The number of nitrogens with one attached hydrogen (secondary N) is 1. The summed E-state index contributed by atoms with van der Waals surface area (Å²) in [5.74, 6) is -1.15. The summed E-state index contributed by atoms with van der Waals surface area (Å²) < 4.78 is 44.5. The highest BCUT2D eigenvalue weighted by atomic mass is 19.4. The minimum absolute atomic E-state index is 0.00849. The maximum Gasteiger partial charge on any atom is 0.417 e. The number of carbonyl (C=O) groups is 2. The van der Waals surface area contributed by atoms with E-state index in [9.17, 15) is 22.8 Å². The fraction of sp³-hybridized carbons (Fsp3) is 0.238. The molecule has 0 aromatic heterocycles. The Morgan fingerprint density at radius 2 is 1.83 bits per heavy atom. The fourth-order valence-electron chi connectivity index (χ4n) is 3.21. The molecule has 2 aromatic rings. The van der Waals surface area contributed by atoms with Crippen LogP contribution in [0.2, 0.25) is 0 Å². The van der Waals surface area contributed by atoms with Gasteiger partial charge < -0.3 is 20.1 Å². The first-order chi connectivity index (χ1) is 14.3. The van der Waals surface area contributed by atoms with Crippen LogP contribution in [0.15, 0.2) is 59.8 Å². The maximum atomic E-state index is 13.3. The van der Waals surface area contributed by atoms with E-state index in [1.807, 2.05) is 0 Å². The van der Waals surface area contributed by atoms with Crippen molar-refractivity contribution in [3.05, 3.63) is 65.4 Å². The van der Waals surface area contributed by atoms with E-state index >= 15 is 0 Å². The molecule has 2 aromatic carbocycles. The summed E-state index contributed by atoms with van der Waals surface area (Å²) in [6, 6.07) is 11.3. The molecule has 30 heavy (non-hydrogen) atoms. The van der Waals surface area contributed by atoms with Crippen molar-refractivity contribution in [1.82, 2.24) is 4.90 Å². The Morgan fingerprint density at radius 3 is 2.43 bits per heavy atom. The monoisotopic (exact) mass is 420 g/mol. The first-order valence-corrected chi connectivity index (χ1v) is 9.01. The van der Waals surface area contributed by atoms with Gasteiger partial charge in [-0.1, -0.05) is 30.3 Å². The van der Waals surface area contributed by atoms with Gasteiger partial charge in [0, 0.05) is 12.2 Å². The quantitative estimate of drug-likeness (QED) is 0.703. The predicted octanol–water partition coefficient (Wildman–Crippen LogP) is 3.05. The molecule has 0 atom stereocenters. The molecule has 3 rings (SSSR count). The summed E-state index contributed by atoms with van der Waals surface area (Å²) >= 11 is 0. The first kappa shape index (κ1) is 21.4. The van der Waals surface area contributed by atoms with E-state index in [1.54, 1.807) is 0 Å². The van der Waals surface area contributed by atoms with Gasteiger partial charge in [-0.3, -0.25) is 4.79 Å². The second-order valence-electron chi connectivity index (χ2n) is 6.54. The molecule has 9 heteroatoms. The highest BCUT2D eigenvalue weighted by Gasteiger charge is 2.35. The van der Waals surface area contributed by atoms with E-state index in [1.165, 1.54) is 54.5 Å². The van der Waals surface area contributed by atoms with Crippen LogP contribution in [-0.4, -0.2) is 48.7 Å². The third kappa shape index (κ3) is 4.30. The summed E-state index contributed by atoms with van der Waals surface area (Å²) in [6.45, 7) is -0.218. The number of amides is 1. The highest BCUT2D eigenvalue weighted by Crippen LogP contribution is 2.37. The summed E-state index contributed by atoms with van der Waals surface area (Å²) in [5.41, 5.74) is 0.194. The molecule has 0 fully saturated rings. The minimum Gasteiger partial charge on any atom is -0.466 e. The molecule has 1 heterocycles. The van der Waals surface area contributed by atoms with Gasteiger partial charge in [-0.05, 0) is 29.3 Å². The lowest BCUT2D eigenvalue weighted by atomic mass is 9.99. The standard InChI is InChI=1S/C21H19F3N2O4/c1-30-20(29)16-12-26(10-11-27)19(28)18(16)25-14-8-6-13(7-9-14)15-4-2-3-5-17(15)21(22,23)24/h2-9,25,27H,10-12H2,1H3. The number of halogens is 3. The number of benzene rings is 2. The average Bonchev–Trinajstić information content (AvgIpc) is 3.03. The molecular formula is C21H19F3N2O4. The third-order valence-electron chi connectivity index (χ3n) is 4.65. The van der Waals surface area contributed by atoms with E-state index in [0.717, 1.165) is 6.07 Å². The SMILES string of the molecule is COC(=O)C1=C(Nc2ccc(-c3ccccc3C(F)(F)F)cc2)C(=O)N(CCO)C1. The molecule has 0 saturated carbocycles. The molecule has 158 valence electrons. The van der Waals surface area contributed by atoms with E-state index in [0.29, 0.717) is 11.3 Å². The molecule has 1 aliphatic rings. The van der Waals surface area contributed by atoms with E-state index in [4.69, 9.17) is 9.84 Å². The van der Waals surface area contributed by atoms with Gasteiger partial charge in [0.05, 0.1) is 31.4 Å². The van der Waals surface area contributed by atoms with Crippen molar-refractivity contribution in [2.24, 2.45) is 0 Å². The van der Waals surface area contributed by atoms with Crippen molar-refractivity contribution in [3.63, 3.8) is 0 Å². The van der Waals surface area contributed by atoms with Crippen LogP contribution in [0.1, 0.15) is 5.56 Å². The summed E-state index contributed by atoms with van der Waals surface area (Å²) in [4.78, 5) is 25.8. The topological polar surface area (TPSA) is 78.9 Å². The molecule has 1 amide bonds. The largest absolute Gasteiger partial charge is 0.466 e. The van der Waals surface area contributed by atoms with E-state index in [-0.39, 0.29) is 36.5 Å². The number of anilines is 1. The Hall–Kier alpha value is -3.33. The van der Waals surface area contributed by atoms with Crippen LogP contribution >= 0.6 is 0 Å². The Bertz CT molecular complexity index is 984. The molecule has 0 radical (unpaired) electrons. The minimum atomic E-state index is -4.49. The van der Waals surface area contributed by atoms with Crippen molar-refractivity contribution in [3.8, 4) is 11.1 Å². The molecule has 2 N–H and O–H groups in total. The van der Waals surface area contributed by atoms with Gasteiger partial charge in [-0.2, -0.15) is 13.2 Å². The highest BCUT2D eigenvalue weighted by molar-refractivity contribution is 6.08. The number of hydrogen-bond donors (Lipinski definition) is 2. The normalized spacial score (nSPS) is 14.3. The van der Waals surface area contributed by atoms with Crippen LogP contribution in [0, 0.1) is 0 Å². The van der Waals surface area contributed by atoms with Crippen LogP contribution in [0.4, 0.5) is 18.9 Å². The second-order valence-corrected chi connectivity index (χ2v) is 6.54. The maximum absolute atomic E-state index is 13.3. The van der Waals surface area contributed by atoms with Crippen LogP contribution < -0.4 is 5.32 Å². The average molecular weight is 420 g/mol. The van der Waals surface area contributed by atoms with E-state index in [2.05, 4.69) is 5.32 Å². The molecule has 6 nitrogen and oxygen atoms in total. The van der Waals surface area contributed by atoms with Crippen LogP contribution in [0.5, 0.6) is 0 Å². The van der Waals surface area contributed by atoms with Crippen molar-refractivity contribution < 1.29 is 32.6 Å². The summed E-state index contributed by atoms with van der Waals surface area (Å²) in [5, 5.41) is 11.9. The van der Waals surface area contributed by atoms with Crippen LogP contribution in [-0.2, 0) is 20.5 Å². The Morgan fingerprint density at radius 1 is 1.17 bits per heavy atom. The number of β-amino-alcohol motifs (C(OH)–C–C–N with tert-alkyl or cyclic N) is 1. The second kappa shape index (κ2) is 8.58. The number of nitrogens with zero attached hydrogens (tertiary/aromatic N) is 1. The number of rotatable bonds is 6. The van der Waals surface area contributed by atoms with Gasteiger partial charge in [0.25, 0.3) is 5.91 Å². The van der Waals surface area contributed by atoms with Gasteiger partial charge >= 0.3 is 12.1 Å². The number of aliphatic hydroxyl groups is 1. The van der Waals surface area contributed by atoms with E-state index < -0.39 is 23.6 Å². The Labute approximate surface area is 170 Å². The number of methoxy groups -OCH3 is 1. The third-order valence-corrected chi connectivity index (χ3v) is 4.65. The zero-order chi connectivity index (χ0) is 21.9.